The van der Waals surface area contributed by atoms with E-state index in [1.165, 1.54) is 0 Å². The summed E-state index contributed by atoms with van der Waals surface area (Å²) >= 11 is 13.2. The lowest BCUT2D eigenvalue weighted by atomic mass is 10.1. The second-order valence-electron chi connectivity index (χ2n) is 3.91. The van der Waals surface area contributed by atoms with Crippen LogP contribution >= 0.6 is 63.7 Å². The first-order chi connectivity index (χ1) is 9.27. The summed E-state index contributed by atoms with van der Waals surface area (Å²) in [6.45, 7) is -0.157. The summed E-state index contributed by atoms with van der Waals surface area (Å²) in [5, 5.41) is 8.68. The number of rotatable bonds is 3. The van der Waals surface area contributed by atoms with Crippen LogP contribution in [0.25, 0.3) is 0 Å². The fourth-order valence-electron chi connectivity index (χ4n) is 1.81. The SMILES string of the molecule is O=C(O)CCN1C(=O)c2c(Br)c(Br)c(Br)c(Br)c2C1=O. The molecule has 9 heteroatoms. The van der Waals surface area contributed by atoms with Crippen molar-refractivity contribution in [3.63, 3.8) is 0 Å². The molecule has 1 aromatic rings. The highest BCUT2D eigenvalue weighted by atomic mass is 79.9. The lowest BCUT2D eigenvalue weighted by Gasteiger charge is -2.11. The fraction of sp³-hybridized carbons (Fsp3) is 0.182. The van der Waals surface area contributed by atoms with E-state index in [1.807, 2.05) is 0 Å². The molecule has 0 fully saturated rings. The molecule has 1 aliphatic rings. The monoisotopic (exact) mass is 531 g/mol. The molecular formula is C11H5Br4NO4. The summed E-state index contributed by atoms with van der Waals surface area (Å²) < 4.78 is 2.12. The van der Waals surface area contributed by atoms with Crippen LogP contribution in [0.3, 0.4) is 0 Å². The Balaban J connectivity index is 2.54. The minimum absolute atomic E-state index is 0.157. The van der Waals surface area contributed by atoms with Crippen molar-refractivity contribution in [2.45, 2.75) is 6.42 Å². The number of fused-ring (bicyclic) bond motifs is 1. The summed E-state index contributed by atoms with van der Waals surface area (Å²) in [7, 11) is 0. The van der Waals surface area contributed by atoms with Crippen molar-refractivity contribution in [2.24, 2.45) is 0 Å². The Kier molecular flexibility index (Phi) is 4.73. The molecule has 0 aromatic heterocycles. The van der Waals surface area contributed by atoms with Crippen molar-refractivity contribution >= 4 is 81.5 Å². The average Bonchev–Trinajstić information content (AvgIpc) is 2.63. The number of carboxylic acid groups (broad SMARTS) is 1. The van der Waals surface area contributed by atoms with Crippen molar-refractivity contribution in [1.29, 1.82) is 0 Å². The largest absolute Gasteiger partial charge is 0.481 e. The van der Waals surface area contributed by atoms with Crippen LogP contribution in [-0.4, -0.2) is 34.3 Å². The van der Waals surface area contributed by atoms with Gasteiger partial charge in [-0.25, -0.2) is 0 Å². The van der Waals surface area contributed by atoms with Gasteiger partial charge in [-0.05, 0) is 63.7 Å². The molecule has 0 saturated heterocycles. The summed E-state index contributed by atoms with van der Waals surface area (Å²) in [5.74, 6) is -2.08. The highest BCUT2D eigenvalue weighted by molar-refractivity contribution is 9.15. The van der Waals surface area contributed by atoms with Crippen LogP contribution in [0.2, 0.25) is 0 Å². The molecule has 0 aliphatic carbocycles. The Bertz CT molecular complexity index is 612. The normalized spacial score (nSPS) is 13.9. The molecule has 0 radical (unpaired) electrons. The molecule has 106 valence electrons. The third-order valence-corrected chi connectivity index (χ3v) is 7.50. The van der Waals surface area contributed by atoms with Gasteiger partial charge in [0.1, 0.15) is 0 Å². The molecule has 2 rings (SSSR count). The lowest BCUT2D eigenvalue weighted by molar-refractivity contribution is -0.137. The van der Waals surface area contributed by atoms with E-state index >= 15 is 0 Å². The van der Waals surface area contributed by atoms with Gasteiger partial charge in [-0.1, -0.05) is 0 Å². The van der Waals surface area contributed by atoms with E-state index in [0.717, 1.165) is 4.90 Å². The van der Waals surface area contributed by atoms with Gasteiger partial charge in [0.15, 0.2) is 0 Å². The van der Waals surface area contributed by atoms with E-state index in [9.17, 15) is 14.4 Å². The van der Waals surface area contributed by atoms with Crippen LogP contribution in [0.5, 0.6) is 0 Å². The first-order valence-corrected chi connectivity index (χ1v) is 8.38. The van der Waals surface area contributed by atoms with E-state index in [0.29, 0.717) is 17.9 Å². The Hall–Kier alpha value is -0.250. The molecule has 0 atom stereocenters. The van der Waals surface area contributed by atoms with Crippen molar-refractivity contribution in [1.82, 2.24) is 4.90 Å². The van der Waals surface area contributed by atoms with E-state index in [4.69, 9.17) is 5.11 Å². The molecule has 1 N–H and O–H groups in total. The maximum atomic E-state index is 12.3. The average molecular weight is 535 g/mol. The van der Waals surface area contributed by atoms with Gasteiger partial charge in [0.25, 0.3) is 11.8 Å². The molecule has 20 heavy (non-hydrogen) atoms. The standard InChI is InChI=1S/C11H5Br4NO4/c12-6-4-5(7(13)9(15)8(6)14)11(20)16(10(4)19)2-1-3(17)18/h1-2H2,(H,17,18). The molecular weight excluding hydrogens is 530 g/mol. The Labute approximate surface area is 147 Å². The van der Waals surface area contributed by atoms with Gasteiger partial charge in [0.2, 0.25) is 0 Å². The number of hydrogen-bond donors (Lipinski definition) is 1. The zero-order chi connectivity index (χ0) is 15.2. The smallest absolute Gasteiger partial charge is 0.305 e. The van der Waals surface area contributed by atoms with Crippen molar-refractivity contribution in [3.8, 4) is 0 Å². The highest BCUT2D eigenvalue weighted by Gasteiger charge is 2.40. The zero-order valence-electron chi connectivity index (χ0n) is 9.55. The van der Waals surface area contributed by atoms with Crippen molar-refractivity contribution in [3.05, 3.63) is 29.0 Å². The number of benzene rings is 1. The Morgan fingerprint density at radius 3 is 1.65 bits per heavy atom. The number of nitrogens with zero attached hydrogens (tertiary/aromatic N) is 1. The maximum absolute atomic E-state index is 12.3. The van der Waals surface area contributed by atoms with E-state index < -0.39 is 17.8 Å². The van der Waals surface area contributed by atoms with Gasteiger partial charge in [-0.2, -0.15) is 0 Å². The van der Waals surface area contributed by atoms with E-state index in [1.54, 1.807) is 0 Å². The second-order valence-corrected chi connectivity index (χ2v) is 7.08. The number of carboxylic acids is 1. The van der Waals surface area contributed by atoms with Crippen molar-refractivity contribution in [2.75, 3.05) is 6.54 Å². The number of hydrogen-bond acceptors (Lipinski definition) is 3. The maximum Gasteiger partial charge on any atom is 0.305 e. The van der Waals surface area contributed by atoms with Gasteiger partial charge in [0, 0.05) is 24.4 Å². The predicted molar refractivity (Wildman–Crippen MR) is 84.9 cm³/mol. The molecule has 0 unspecified atom stereocenters. The first-order valence-electron chi connectivity index (χ1n) is 5.21. The third-order valence-electron chi connectivity index (χ3n) is 2.73. The topological polar surface area (TPSA) is 74.7 Å². The molecule has 1 aliphatic heterocycles. The molecule has 2 amide bonds. The van der Waals surface area contributed by atoms with Crippen LogP contribution in [-0.2, 0) is 4.79 Å². The molecule has 0 saturated carbocycles. The van der Waals surface area contributed by atoms with Gasteiger partial charge in [0.05, 0.1) is 17.5 Å². The molecule has 0 spiro atoms. The summed E-state index contributed by atoms with van der Waals surface area (Å²) in [5.41, 5.74) is 0.449. The molecule has 5 nitrogen and oxygen atoms in total. The number of halogens is 4. The van der Waals surface area contributed by atoms with E-state index in [-0.39, 0.29) is 24.1 Å². The minimum atomic E-state index is -1.07. The van der Waals surface area contributed by atoms with Crippen LogP contribution in [0.15, 0.2) is 17.9 Å². The van der Waals surface area contributed by atoms with Crippen LogP contribution in [0.1, 0.15) is 27.1 Å². The van der Waals surface area contributed by atoms with E-state index in [2.05, 4.69) is 63.7 Å². The highest BCUT2D eigenvalue weighted by Crippen LogP contribution is 2.45. The van der Waals surface area contributed by atoms with Gasteiger partial charge in [-0.3, -0.25) is 19.3 Å². The number of carbonyl (C=O) groups excluding carboxylic acids is 2. The summed E-state index contributed by atoms with van der Waals surface area (Å²) in [6.07, 6.45) is -0.289. The Morgan fingerprint density at radius 1 is 0.900 bits per heavy atom. The van der Waals surface area contributed by atoms with Crippen LogP contribution in [0.4, 0.5) is 0 Å². The Morgan fingerprint density at radius 2 is 1.30 bits per heavy atom. The van der Waals surface area contributed by atoms with Crippen LogP contribution in [0, 0.1) is 0 Å². The number of aliphatic carboxylic acids is 1. The van der Waals surface area contributed by atoms with Gasteiger partial charge in [-0.15, -0.1) is 0 Å². The lowest BCUT2D eigenvalue weighted by Crippen LogP contribution is -2.32. The predicted octanol–water partition coefficient (Wildman–Crippen LogP) is 3.81. The quantitative estimate of drug-likeness (QED) is 0.364. The summed E-state index contributed by atoms with van der Waals surface area (Å²) in [6, 6.07) is 0. The second kappa shape index (κ2) is 5.86. The first kappa shape index (κ1) is 16.1. The number of amides is 2. The molecule has 0 bridgehead atoms. The van der Waals surface area contributed by atoms with Gasteiger partial charge < -0.3 is 5.11 Å². The number of imide groups is 1. The fourth-order valence-corrected chi connectivity index (χ4v) is 4.26. The molecule has 1 aromatic carbocycles. The number of carbonyl (C=O) groups is 3. The van der Waals surface area contributed by atoms with Crippen LogP contribution < -0.4 is 0 Å². The zero-order valence-corrected chi connectivity index (χ0v) is 15.9. The minimum Gasteiger partial charge on any atom is -0.481 e. The van der Waals surface area contributed by atoms with Gasteiger partial charge >= 0.3 is 5.97 Å². The molecule has 1 heterocycles. The third kappa shape index (κ3) is 2.49. The summed E-state index contributed by atoms with van der Waals surface area (Å²) in [4.78, 5) is 36.1. The van der Waals surface area contributed by atoms with Crippen molar-refractivity contribution < 1.29 is 19.5 Å².